The summed E-state index contributed by atoms with van der Waals surface area (Å²) in [5, 5.41) is 18.9. The molecule has 222 valence electrons. The summed E-state index contributed by atoms with van der Waals surface area (Å²) < 4.78 is 11.0. The molecule has 1 atom stereocenters. The lowest BCUT2D eigenvalue weighted by molar-refractivity contribution is 0.0948. The van der Waals surface area contributed by atoms with E-state index in [1.54, 1.807) is 30.3 Å². The van der Waals surface area contributed by atoms with E-state index in [4.69, 9.17) is 9.47 Å². The molecule has 3 aromatic carbocycles. The number of Topliss-reactive ketones (excluding diaryl/α,β-unsaturated/α-hetero) is 1. The molecule has 0 aromatic heterocycles. The maximum Gasteiger partial charge on any atom is 0.319 e. The molecule has 1 unspecified atom stereocenters. The summed E-state index contributed by atoms with van der Waals surface area (Å²) in [6.07, 6.45) is 5.92. The van der Waals surface area contributed by atoms with Crippen molar-refractivity contribution in [2.24, 2.45) is 0 Å². The van der Waals surface area contributed by atoms with Crippen LogP contribution in [0.5, 0.6) is 17.2 Å². The topological polar surface area (TPSA) is 126 Å². The monoisotopic (exact) mass is 573 g/mol. The lowest BCUT2D eigenvalue weighted by Gasteiger charge is -2.24. The minimum Gasteiger partial charge on any atom is -0.507 e. The summed E-state index contributed by atoms with van der Waals surface area (Å²) in [4.78, 5) is 38.1. The number of aromatic hydroxyl groups is 1. The minimum absolute atomic E-state index is 0.0964. The van der Waals surface area contributed by atoms with Crippen LogP contribution in [-0.2, 0) is 0 Å². The third kappa shape index (κ3) is 7.60. The van der Waals surface area contributed by atoms with Crippen molar-refractivity contribution in [1.29, 1.82) is 0 Å². The van der Waals surface area contributed by atoms with Gasteiger partial charge >= 0.3 is 6.03 Å². The Kier molecular flexibility index (Phi) is 10.4. The number of hydrogen-bond acceptors (Lipinski definition) is 6. The first-order chi connectivity index (χ1) is 20.3. The zero-order chi connectivity index (χ0) is 30.1. The number of anilines is 1. The minimum atomic E-state index is -0.394. The van der Waals surface area contributed by atoms with Crippen LogP contribution in [-0.4, -0.2) is 49.6 Å². The molecular weight excluding hydrogens is 534 g/mol. The molecule has 4 rings (SSSR count). The molecule has 0 radical (unpaired) electrons. The van der Waals surface area contributed by atoms with E-state index < -0.39 is 5.91 Å². The van der Waals surface area contributed by atoms with Crippen LogP contribution in [0, 0.1) is 0 Å². The molecule has 0 heterocycles. The van der Waals surface area contributed by atoms with Gasteiger partial charge in [-0.15, -0.1) is 0 Å². The van der Waals surface area contributed by atoms with Crippen molar-refractivity contribution >= 4 is 23.4 Å². The highest BCUT2D eigenvalue weighted by Crippen LogP contribution is 2.38. The molecule has 0 saturated heterocycles. The van der Waals surface area contributed by atoms with Gasteiger partial charge in [0.05, 0.1) is 19.8 Å². The van der Waals surface area contributed by atoms with E-state index in [2.05, 4.69) is 16.0 Å². The van der Waals surface area contributed by atoms with Gasteiger partial charge in [0.2, 0.25) is 0 Å². The predicted octanol–water partition coefficient (Wildman–Crippen LogP) is 6.02. The highest BCUT2D eigenvalue weighted by Gasteiger charge is 2.24. The number of rotatable bonds is 11. The lowest BCUT2D eigenvalue weighted by Crippen LogP contribution is -2.39. The molecule has 1 aliphatic carbocycles. The molecule has 4 N–H and O–H groups in total. The van der Waals surface area contributed by atoms with Gasteiger partial charge in [-0.05, 0) is 73.7 Å². The molecule has 3 amide bonds. The van der Waals surface area contributed by atoms with Gasteiger partial charge in [0.15, 0.2) is 17.3 Å². The highest BCUT2D eigenvalue weighted by atomic mass is 16.5. The van der Waals surface area contributed by atoms with Crippen LogP contribution < -0.4 is 25.4 Å². The number of hydrogen-bond donors (Lipinski definition) is 4. The molecule has 9 heteroatoms. The number of ketones is 1. The van der Waals surface area contributed by atoms with E-state index in [9.17, 15) is 19.5 Å². The fraction of sp³-hybridized carbons (Fsp3) is 0.364. The van der Waals surface area contributed by atoms with Crippen LogP contribution in [0.1, 0.15) is 83.2 Å². The Morgan fingerprint density at radius 1 is 0.905 bits per heavy atom. The van der Waals surface area contributed by atoms with E-state index in [0.29, 0.717) is 29.2 Å². The van der Waals surface area contributed by atoms with Crippen LogP contribution in [0.4, 0.5) is 10.5 Å². The van der Waals surface area contributed by atoms with Crippen molar-refractivity contribution < 1.29 is 29.0 Å². The number of methoxy groups -OCH3 is 2. The molecule has 1 saturated carbocycles. The molecule has 0 bridgehead atoms. The van der Waals surface area contributed by atoms with Gasteiger partial charge in [0.1, 0.15) is 5.75 Å². The van der Waals surface area contributed by atoms with E-state index in [1.807, 2.05) is 24.3 Å². The number of phenols is 1. The van der Waals surface area contributed by atoms with Gasteiger partial charge in [0, 0.05) is 29.8 Å². The summed E-state index contributed by atoms with van der Waals surface area (Å²) in [6, 6.07) is 17.3. The smallest absolute Gasteiger partial charge is 0.319 e. The van der Waals surface area contributed by atoms with Gasteiger partial charge in [0.25, 0.3) is 5.91 Å². The molecular formula is C33H39N3O6. The molecule has 3 aromatic rings. The Balaban J connectivity index is 1.58. The number of urea groups is 1. The van der Waals surface area contributed by atoms with Crippen LogP contribution in [0.3, 0.4) is 0 Å². The Bertz CT molecular complexity index is 1400. The summed E-state index contributed by atoms with van der Waals surface area (Å²) in [7, 11) is 3.05. The highest BCUT2D eigenvalue weighted by molar-refractivity contribution is 5.97. The second kappa shape index (κ2) is 14.4. The van der Waals surface area contributed by atoms with E-state index in [-0.39, 0.29) is 41.6 Å². The van der Waals surface area contributed by atoms with Gasteiger partial charge in [-0.1, -0.05) is 43.5 Å². The van der Waals surface area contributed by atoms with Crippen molar-refractivity contribution in [3.05, 3.63) is 82.9 Å². The standard InChI is InChI=1S/C33H39N3O6/c1-21(37)27-19-30(41-2)31(42-3)20-28(27)25(17-18-34-32(39)26-11-7-8-12-29(26)38)22-13-15-24(16-14-22)36-33(40)35-23-9-5-4-6-10-23/h7-8,11-16,19-20,23,25,38H,4-6,9-10,17-18H2,1-3H3,(H,34,39)(H2,35,36,40). The fourth-order valence-corrected chi connectivity index (χ4v) is 5.48. The van der Waals surface area contributed by atoms with Gasteiger partial charge in [-0.25, -0.2) is 4.79 Å². The largest absolute Gasteiger partial charge is 0.507 e. The Hall–Kier alpha value is -4.53. The van der Waals surface area contributed by atoms with Crippen molar-refractivity contribution in [2.45, 2.75) is 57.4 Å². The normalized spacial score (nSPS) is 14.0. The number of phenolic OH excluding ortho intramolecular Hbond substituents is 1. The zero-order valence-corrected chi connectivity index (χ0v) is 24.4. The van der Waals surface area contributed by atoms with Crippen LogP contribution in [0.15, 0.2) is 60.7 Å². The summed E-state index contributed by atoms with van der Waals surface area (Å²) in [5.41, 5.74) is 2.94. The fourth-order valence-electron chi connectivity index (χ4n) is 5.48. The average Bonchev–Trinajstić information content (AvgIpc) is 2.99. The first-order valence-corrected chi connectivity index (χ1v) is 14.3. The van der Waals surface area contributed by atoms with E-state index in [1.165, 1.54) is 33.6 Å². The van der Waals surface area contributed by atoms with Gasteiger partial charge in [-0.3, -0.25) is 9.59 Å². The third-order valence-corrected chi connectivity index (χ3v) is 7.69. The van der Waals surface area contributed by atoms with Crippen LogP contribution in [0.25, 0.3) is 0 Å². The van der Waals surface area contributed by atoms with Crippen LogP contribution in [0.2, 0.25) is 0 Å². The Morgan fingerprint density at radius 3 is 2.21 bits per heavy atom. The van der Waals surface area contributed by atoms with Gasteiger partial charge < -0.3 is 30.5 Å². The second-order valence-electron chi connectivity index (χ2n) is 10.5. The average molecular weight is 574 g/mol. The first kappa shape index (κ1) is 30.4. The number of carbonyl (C=O) groups excluding carboxylic acids is 3. The molecule has 0 spiro atoms. The number of benzene rings is 3. The quantitative estimate of drug-likeness (QED) is 0.208. The Labute approximate surface area is 246 Å². The van der Waals surface area contributed by atoms with Crippen LogP contribution >= 0.6 is 0 Å². The Morgan fingerprint density at radius 2 is 1.57 bits per heavy atom. The van der Waals surface area contributed by atoms with Crippen molar-refractivity contribution in [2.75, 3.05) is 26.1 Å². The molecule has 1 fully saturated rings. The number of amides is 3. The predicted molar refractivity (Wildman–Crippen MR) is 162 cm³/mol. The van der Waals surface area contributed by atoms with Crippen molar-refractivity contribution in [3.8, 4) is 17.2 Å². The third-order valence-electron chi connectivity index (χ3n) is 7.69. The summed E-state index contributed by atoms with van der Waals surface area (Å²) >= 11 is 0. The summed E-state index contributed by atoms with van der Waals surface area (Å²) in [5.74, 6) is 0.000697. The number of para-hydroxylation sites is 1. The van der Waals surface area contributed by atoms with E-state index >= 15 is 0 Å². The second-order valence-corrected chi connectivity index (χ2v) is 10.5. The maximum atomic E-state index is 12.8. The SMILES string of the molecule is COc1cc(C(C)=O)c(C(CCNC(=O)c2ccccc2O)c2ccc(NC(=O)NC3CCCCC3)cc2)cc1OC. The molecule has 1 aliphatic rings. The van der Waals surface area contributed by atoms with Gasteiger partial charge in [-0.2, -0.15) is 0 Å². The first-order valence-electron chi connectivity index (χ1n) is 14.3. The maximum absolute atomic E-state index is 12.8. The molecule has 9 nitrogen and oxygen atoms in total. The van der Waals surface area contributed by atoms with Crippen molar-refractivity contribution in [3.63, 3.8) is 0 Å². The lowest BCUT2D eigenvalue weighted by atomic mass is 9.84. The number of ether oxygens (including phenoxy) is 2. The molecule has 0 aliphatic heterocycles. The van der Waals surface area contributed by atoms with Crippen molar-refractivity contribution in [1.82, 2.24) is 10.6 Å². The van der Waals surface area contributed by atoms with E-state index in [0.717, 1.165) is 36.8 Å². The number of nitrogens with one attached hydrogen (secondary N) is 3. The summed E-state index contributed by atoms with van der Waals surface area (Å²) in [6.45, 7) is 1.77. The number of carbonyl (C=O) groups is 3. The molecule has 42 heavy (non-hydrogen) atoms. The zero-order valence-electron chi connectivity index (χ0n) is 24.4.